The van der Waals surface area contributed by atoms with Gasteiger partial charge in [-0.15, -0.1) is 0 Å². The van der Waals surface area contributed by atoms with Crippen LogP contribution in [0.4, 0.5) is 0 Å². The van der Waals surface area contributed by atoms with Gasteiger partial charge in [0, 0.05) is 24.3 Å². The Kier molecular flexibility index (Phi) is 5.95. The fourth-order valence-corrected chi connectivity index (χ4v) is 3.53. The summed E-state index contributed by atoms with van der Waals surface area (Å²) in [6.07, 6.45) is 3.06. The molecular formula is C13H25N2O4P. The summed E-state index contributed by atoms with van der Waals surface area (Å²) in [5.74, 6) is 0.315. The standard InChI is InChI=1S/C13H25N2O4P/c1-8(2)6-13(15-9(3)16)11-5-4-10(7-12(11)14)20(17,18)19/h4,8,11-13H,5-7,14H2,1-3H3,(H,15,16)(H2,17,18,19). The predicted molar refractivity (Wildman–Crippen MR) is 77.9 cm³/mol. The lowest BCUT2D eigenvalue weighted by atomic mass is 9.80. The largest absolute Gasteiger partial charge is 0.353 e. The lowest BCUT2D eigenvalue weighted by molar-refractivity contribution is -0.120. The van der Waals surface area contributed by atoms with Gasteiger partial charge in [-0.25, -0.2) is 0 Å². The van der Waals surface area contributed by atoms with Crippen LogP contribution in [0.25, 0.3) is 0 Å². The summed E-state index contributed by atoms with van der Waals surface area (Å²) in [7, 11) is -4.20. The molecule has 0 saturated heterocycles. The van der Waals surface area contributed by atoms with E-state index in [2.05, 4.69) is 19.2 Å². The molecule has 0 bridgehead atoms. The molecule has 0 fully saturated rings. The van der Waals surface area contributed by atoms with E-state index in [-0.39, 0.29) is 35.6 Å². The third-order valence-corrected chi connectivity index (χ3v) is 4.74. The zero-order valence-corrected chi connectivity index (χ0v) is 13.1. The van der Waals surface area contributed by atoms with E-state index in [1.54, 1.807) is 6.08 Å². The second-order valence-corrected chi connectivity index (χ2v) is 7.61. The van der Waals surface area contributed by atoms with Crippen molar-refractivity contribution in [3.05, 3.63) is 11.4 Å². The number of carbonyl (C=O) groups is 1. The topological polar surface area (TPSA) is 113 Å². The Balaban J connectivity index is 2.85. The molecule has 0 spiro atoms. The zero-order valence-electron chi connectivity index (χ0n) is 12.2. The van der Waals surface area contributed by atoms with Gasteiger partial charge >= 0.3 is 7.60 Å². The van der Waals surface area contributed by atoms with Gasteiger partial charge in [-0.1, -0.05) is 19.9 Å². The first kappa shape index (κ1) is 17.4. The molecule has 1 aliphatic rings. The van der Waals surface area contributed by atoms with Crippen LogP contribution >= 0.6 is 7.60 Å². The molecular weight excluding hydrogens is 279 g/mol. The average molecular weight is 304 g/mol. The van der Waals surface area contributed by atoms with E-state index in [0.717, 1.165) is 6.42 Å². The molecule has 3 atom stereocenters. The van der Waals surface area contributed by atoms with E-state index in [0.29, 0.717) is 12.3 Å². The summed E-state index contributed by atoms with van der Waals surface area (Å²) in [5.41, 5.74) is 6.08. The smallest absolute Gasteiger partial charge is 0.351 e. The van der Waals surface area contributed by atoms with Gasteiger partial charge in [-0.05, 0) is 31.1 Å². The molecule has 116 valence electrons. The van der Waals surface area contributed by atoms with Crippen LogP contribution in [0.5, 0.6) is 0 Å². The van der Waals surface area contributed by atoms with Crippen molar-refractivity contribution < 1.29 is 19.1 Å². The zero-order chi connectivity index (χ0) is 15.5. The number of carbonyl (C=O) groups excluding carboxylic acids is 1. The summed E-state index contributed by atoms with van der Waals surface area (Å²) in [4.78, 5) is 29.7. The number of allylic oxidation sites excluding steroid dienone is 1. The highest BCUT2D eigenvalue weighted by Crippen LogP contribution is 2.50. The molecule has 0 radical (unpaired) electrons. The number of nitrogens with two attached hydrogens (primary N) is 1. The van der Waals surface area contributed by atoms with Gasteiger partial charge in [0.2, 0.25) is 5.91 Å². The summed E-state index contributed by atoms with van der Waals surface area (Å²) in [6.45, 7) is 5.61. The van der Waals surface area contributed by atoms with Gasteiger partial charge in [0.1, 0.15) is 0 Å². The first-order chi connectivity index (χ1) is 9.11. The molecule has 1 aliphatic carbocycles. The van der Waals surface area contributed by atoms with Crippen molar-refractivity contribution in [1.29, 1.82) is 0 Å². The molecule has 0 heterocycles. The lowest BCUT2D eigenvalue weighted by Crippen LogP contribution is -2.48. The first-order valence-corrected chi connectivity index (χ1v) is 8.50. The van der Waals surface area contributed by atoms with Gasteiger partial charge in [0.15, 0.2) is 0 Å². The molecule has 1 amide bonds. The van der Waals surface area contributed by atoms with E-state index < -0.39 is 7.60 Å². The fraction of sp³-hybridized carbons (Fsp3) is 0.769. The highest BCUT2D eigenvalue weighted by Gasteiger charge is 2.35. The number of amides is 1. The molecule has 0 saturated carbocycles. The quantitative estimate of drug-likeness (QED) is 0.572. The van der Waals surface area contributed by atoms with Crippen molar-refractivity contribution >= 4 is 13.5 Å². The van der Waals surface area contributed by atoms with Gasteiger partial charge in [0.05, 0.1) is 0 Å². The van der Waals surface area contributed by atoms with E-state index in [4.69, 9.17) is 5.73 Å². The van der Waals surface area contributed by atoms with Gasteiger partial charge in [-0.3, -0.25) is 9.36 Å². The lowest BCUT2D eigenvalue weighted by Gasteiger charge is -2.36. The predicted octanol–water partition coefficient (Wildman–Crippen LogP) is 1.34. The second-order valence-electron chi connectivity index (χ2n) is 5.94. The van der Waals surface area contributed by atoms with E-state index in [1.807, 2.05) is 0 Å². The number of rotatable bonds is 5. The highest BCUT2D eigenvalue weighted by atomic mass is 31.2. The molecule has 6 nitrogen and oxygen atoms in total. The Morgan fingerprint density at radius 3 is 2.55 bits per heavy atom. The maximum atomic E-state index is 11.3. The molecule has 5 N–H and O–H groups in total. The van der Waals surface area contributed by atoms with E-state index in [1.165, 1.54) is 6.92 Å². The van der Waals surface area contributed by atoms with Crippen molar-refractivity contribution in [2.24, 2.45) is 17.6 Å². The van der Waals surface area contributed by atoms with Crippen molar-refractivity contribution in [3.63, 3.8) is 0 Å². The monoisotopic (exact) mass is 304 g/mol. The van der Waals surface area contributed by atoms with Crippen molar-refractivity contribution in [3.8, 4) is 0 Å². The summed E-state index contributed by atoms with van der Waals surface area (Å²) in [5, 5.41) is 3.04. The highest BCUT2D eigenvalue weighted by molar-refractivity contribution is 7.56. The van der Waals surface area contributed by atoms with Gasteiger partial charge in [-0.2, -0.15) is 0 Å². The second kappa shape index (κ2) is 6.85. The normalized spacial score (nSPS) is 25.2. The van der Waals surface area contributed by atoms with Crippen LogP contribution in [0.3, 0.4) is 0 Å². The molecule has 3 unspecified atom stereocenters. The van der Waals surface area contributed by atoms with Crippen LogP contribution in [0.2, 0.25) is 0 Å². The SMILES string of the molecule is CC(=O)NC(CC(C)C)C1CC=C(P(=O)(O)O)CC1N. The summed E-state index contributed by atoms with van der Waals surface area (Å²) < 4.78 is 11.3. The van der Waals surface area contributed by atoms with Gasteiger partial charge in [0.25, 0.3) is 0 Å². The van der Waals surface area contributed by atoms with Crippen molar-refractivity contribution in [1.82, 2.24) is 5.32 Å². The molecule has 7 heteroatoms. The Bertz CT molecular complexity index is 430. The molecule has 0 aromatic heterocycles. The molecule has 0 aliphatic heterocycles. The number of hydrogen-bond donors (Lipinski definition) is 4. The first-order valence-electron chi connectivity index (χ1n) is 6.89. The third-order valence-electron chi connectivity index (χ3n) is 3.63. The molecule has 0 aromatic carbocycles. The van der Waals surface area contributed by atoms with Crippen LogP contribution in [0, 0.1) is 11.8 Å². The van der Waals surface area contributed by atoms with Crippen LogP contribution < -0.4 is 11.1 Å². The van der Waals surface area contributed by atoms with E-state index >= 15 is 0 Å². The van der Waals surface area contributed by atoms with Crippen LogP contribution in [-0.4, -0.2) is 27.8 Å². The number of hydrogen-bond acceptors (Lipinski definition) is 3. The van der Waals surface area contributed by atoms with Crippen LogP contribution in [0.15, 0.2) is 11.4 Å². The average Bonchev–Trinajstić information content (AvgIpc) is 2.25. The molecule has 0 aromatic rings. The van der Waals surface area contributed by atoms with Crippen LogP contribution in [-0.2, 0) is 9.36 Å². The Labute approximate surface area is 120 Å². The molecule has 1 rings (SSSR count). The van der Waals surface area contributed by atoms with E-state index in [9.17, 15) is 19.1 Å². The maximum absolute atomic E-state index is 11.3. The maximum Gasteiger partial charge on any atom is 0.351 e. The molecule has 20 heavy (non-hydrogen) atoms. The minimum Gasteiger partial charge on any atom is -0.353 e. The Morgan fingerprint density at radius 2 is 2.15 bits per heavy atom. The fourth-order valence-electron chi connectivity index (χ4n) is 2.73. The third kappa shape index (κ3) is 5.02. The minimum atomic E-state index is -4.20. The van der Waals surface area contributed by atoms with Gasteiger partial charge < -0.3 is 20.8 Å². The minimum absolute atomic E-state index is 0.0107. The summed E-state index contributed by atoms with van der Waals surface area (Å²) in [6, 6.07) is -0.407. The summed E-state index contributed by atoms with van der Waals surface area (Å²) >= 11 is 0. The van der Waals surface area contributed by atoms with Crippen molar-refractivity contribution in [2.45, 2.75) is 52.1 Å². The number of nitrogens with one attached hydrogen (secondary N) is 1. The Morgan fingerprint density at radius 1 is 1.55 bits per heavy atom. The van der Waals surface area contributed by atoms with Crippen molar-refractivity contribution in [2.75, 3.05) is 0 Å². The Hall–Kier alpha value is -0.680. The van der Waals surface area contributed by atoms with Crippen LogP contribution in [0.1, 0.15) is 40.0 Å².